The molecule has 158 valence electrons. The van der Waals surface area contributed by atoms with Crippen LogP contribution in [0.4, 0.5) is 5.95 Å². The highest BCUT2D eigenvalue weighted by Gasteiger charge is 2.15. The van der Waals surface area contributed by atoms with E-state index in [0.29, 0.717) is 22.4 Å². The van der Waals surface area contributed by atoms with Crippen molar-refractivity contribution in [3.05, 3.63) is 93.6 Å². The van der Waals surface area contributed by atoms with Crippen LogP contribution in [-0.4, -0.2) is 20.7 Å². The van der Waals surface area contributed by atoms with E-state index in [1.54, 1.807) is 30.3 Å². The lowest BCUT2D eigenvalue weighted by molar-refractivity contribution is 0.0991. The van der Waals surface area contributed by atoms with Crippen molar-refractivity contribution in [1.29, 1.82) is 0 Å². The minimum Gasteiger partial charge on any atom is -0.486 e. The zero-order valence-electron chi connectivity index (χ0n) is 16.5. The molecule has 0 radical (unpaired) electrons. The molecule has 0 saturated heterocycles. The van der Waals surface area contributed by atoms with Gasteiger partial charge < -0.3 is 9.15 Å². The summed E-state index contributed by atoms with van der Waals surface area (Å²) in [6.07, 6.45) is 1.48. The minimum absolute atomic E-state index is 0.133. The molecular weight excluding hydrogens is 439 g/mol. The SMILES string of the molecule is Cc1cccc(OCc2ccc(C(=O)Nc3ncn(Cc4c(Cl)cccc4Cl)n3)o2)c1. The van der Waals surface area contributed by atoms with Crippen LogP contribution >= 0.6 is 23.2 Å². The van der Waals surface area contributed by atoms with Crippen LogP contribution in [0.1, 0.15) is 27.4 Å². The van der Waals surface area contributed by atoms with Crippen LogP contribution in [0.2, 0.25) is 10.0 Å². The number of rotatable bonds is 7. The Morgan fingerprint density at radius 2 is 1.90 bits per heavy atom. The first-order chi connectivity index (χ1) is 15.0. The predicted molar refractivity (Wildman–Crippen MR) is 118 cm³/mol. The first-order valence-electron chi connectivity index (χ1n) is 9.40. The lowest BCUT2D eigenvalue weighted by Crippen LogP contribution is -2.12. The molecule has 31 heavy (non-hydrogen) atoms. The first kappa shape index (κ1) is 21.0. The number of halogens is 2. The second-order valence-corrected chi connectivity index (χ2v) is 7.61. The fraction of sp³-hybridized carbons (Fsp3) is 0.136. The van der Waals surface area contributed by atoms with Crippen molar-refractivity contribution < 1.29 is 13.9 Å². The molecule has 0 unspecified atom stereocenters. The molecule has 4 rings (SSSR count). The van der Waals surface area contributed by atoms with Gasteiger partial charge in [0.1, 0.15) is 24.4 Å². The first-order valence-corrected chi connectivity index (χ1v) is 10.2. The van der Waals surface area contributed by atoms with Crippen LogP contribution in [0.5, 0.6) is 5.75 Å². The van der Waals surface area contributed by atoms with Gasteiger partial charge >= 0.3 is 0 Å². The molecule has 0 fully saturated rings. The van der Waals surface area contributed by atoms with Gasteiger partial charge in [-0.1, -0.05) is 41.4 Å². The summed E-state index contributed by atoms with van der Waals surface area (Å²) in [6.45, 7) is 2.52. The zero-order chi connectivity index (χ0) is 21.8. The molecule has 2 aromatic heterocycles. The smallest absolute Gasteiger partial charge is 0.293 e. The Kier molecular flexibility index (Phi) is 6.25. The van der Waals surface area contributed by atoms with Gasteiger partial charge in [0, 0.05) is 15.6 Å². The Morgan fingerprint density at radius 1 is 1.13 bits per heavy atom. The second-order valence-electron chi connectivity index (χ2n) is 6.79. The Balaban J connectivity index is 1.36. The van der Waals surface area contributed by atoms with Crippen molar-refractivity contribution in [3.63, 3.8) is 0 Å². The van der Waals surface area contributed by atoms with Gasteiger partial charge in [0.15, 0.2) is 5.76 Å². The van der Waals surface area contributed by atoms with Crippen molar-refractivity contribution in [2.24, 2.45) is 0 Å². The fourth-order valence-corrected chi connectivity index (χ4v) is 3.39. The maximum absolute atomic E-state index is 12.4. The van der Waals surface area contributed by atoms with Crippen LogP contribution in [0.15, 0.2) is 65.3 Å². The predicted octanol–water partition coefficient (Wildman–Crippen LogP) is 5.37. The number of nitrogens with zero attached hydrogens (tertiary/aromatic N) is 3. The van der Waals surface area contributed by atoms with Gasteiger partial charge in [-0.05, 0) is 48.9 Å². The molecule has 7 nitrogen and oxygen atoms in total. The third-order valence-corrected chi connectivity index (χ3v) is 5.11. The number of carbonyl (C=O) groups excluding carboxylic acids is 1. The zero-order valence-corrected chi connectivity index (χ0v) is 18.0. The standard InChI is InChI=1S/C22H18Cl2N4O3/c1-14-4-2-5-15(10-14)30-12-16-8-9-20(31-16)21(29)26-22-25-13-28(27-22)11-17-18(23)6-3-7-19(17)24/h2-10,13H,11-12H2,1H3,(H,26,27,29). The van der Waals surface area contributed by atoms with Crippen molar-refractivity contribution in [1.82, 2.24) is 14.8 Å². The van der Waals surface area contributed by atoms with E-state index in [-0.39, 0.29) is 18.3 Å². The summed E-state index contributed by atoms with van der Waals surface area (Å²) in [5, 5.41) is 7.90. The topological polar surface area (TPSA) is 82.2 Å². The average molecular weight is 457 g/mol. The van der Waals surface area contributed by atoms with Crippen molar-refractivity contribution in [2.75, 3.05) is 5.32 Å². The van der Waals surface area contributed by atoms with E-state index in [1.165, 1.54) is 11.0 Å². The summed E-state index contributed by atoms with van der Waals surface area (Å²) in [5.41, 5.74) is 1.82. The molecule has 0 aliphatic heterocycles. The van der Waals surface area contributed by atoms with Crippen molar-refractivity contribution in [3.8, 4) is 5.75 Å². The summed E-state index contributed by atoms with van der Waals surface area (Å²) in [5.74, 6) is 1.07. The number of aryl methyl sites for hydroxylation is 1. The van der Waals surface area contributed by atoms with Crippen LogP contribution < -0.4 is 10.1 Å². The molecule has 4 aromatic rings. The molecule has 0 bridgehead atoms. The summed E-state index contributed by atoms with van der Waals surface area (Å²) >= 11 is 12.4. The lowest BCUT2D eigenvalue weighted by Gasteiger charge is -2.06. The Labute approximate surface area is 188 Å². The van der Waals surface area contributed by atoms with Crippen LogP contribution in [0, 0.1) is 6.92 Å². The Morgan fingerprint density at radius 3 is 2.68 bits per heavy atom. The maximum Gasteiger partial charge on any atom is 0.293 e. The number of nitrogens with one attached hydrogen (secondary N) is 1. The van der Waals surface area contributed by atoms with E-state index >= 15 is 0 Å². The largest absolute Gasteiger partial charge is 0.486 e. The summed E-state index contributed by atoms with van der Waals surface area (Å²) in [6, 6.07) is 16.2. The van der Waals surface area contributed by atoms with Gasteiger partial charge in [-0.3, -0.25) is 10.1 Å². The van der Waals surface area contributed by atoms with Crippen LogP contribution in [-0.2, 0) is 13.2 Å². The second kappa shape index (κ2) is 9.24. The van der Waals surface area contributed by atoms with E-state index in [1.807, 2.05) is 31.2 Å². The molecule has 0 saturated carbocycles. The fourth-order valence-electron chi connectivity index (χ4n) is 2.87. The normalized spacial score (nSPS) is 10.8. The number of carbonyl (C=O) groups is 1. The Hall–Kier alpha value is -3.29. The molecule has 2 heterocycles. The van der Waals surface area contributed by atoms with Gasteiger partial charge in [-0.2, -0.15) is 0 Å². The number of aromatic nitrogens is 3. The molecule has 0 atom stereocenters. The summed E-state index contributed by atoms with van der Waals surface area (Å²) < 4.78 is 12.8. The van der Waals surface area contributed by atoms with Crippen LogP contribution in [0.25, 0.3) is 0 Å². The van der Waals surface area contributed by atoms with Crippen molar-refractivity contribution in [2.45, 2.75) is 20.1 Å². The number of amides is 1. The molecule has 2 aromatic carbocycles. The van der Waals surface area contributed by atoms with E-state index in [9.17, 15) is 4.79 Å². The van der Waals surface area contributed by atoms with E-state index in [2.05, 4.69) is 15.4 Å². The summed E-state index contributed by atoms with van der Waals surface area (Å²) in [7, 11) is 0. The number of hydrogen-bond acceptors (Lipinski definition) is 5. The number of anilines is 1. The van der Waals surface area contributed by atoms with Gasteiger partial charge in [-0.15, -0.1) is 5.10 Å². The van der Waals surface area contributed by atoms with Gasteiger partial charge in [0.2, 0.25) is 5.95 Å². The third kappa shape index (κ3) is 5.25. The van der Waals surface area contributed by atoms with Crippen molar-refractivity contribution >= 4 is 35.1 Å². The molecule has 9 heteroatoms. The number of ether oxygens (including phenoxy) is 1. The maximum atomic E-state index is 12.4. The molecule has 1 amide bonds. The highest BCUT2D eigenvalue weighted by Crippen LogP contribution is 2.25. The summed E-state index contributed by atoms with van der Waals surface area (Å²) in [4.78, 5) is 16.5. The Bertz CT molecular complexity index is 1200. The van der Waals surface area contributed by atoms with Gasteiger partial charge in [0.25, 0.3) is 5.91 Å². The van der Waals surface area contributed by atoms with Gasteiger partial charge in [0.05, 0.1) is 6.54 Å². The third-order valence-electron chi connectivity index (χ3n) is 4.40. The number of benzene rings is 2. The highest BCUT2D eigenvalue weighted by molar-refractivity contribution is 6.35. The highest BCUT2D eigenvalue weighted by atomic mass is 35.5. The molecule has 0 spiro atoms. The molecule has 1 N–H and O–H groups in total. The van der Waals surface area contributed by atoms with Gasteiger partial charge in [-0.25, -0.2) is 9.67 Å². The van der Waals surface area contributed by atoms with E-state index < -0.39 is 5.91 Å². The van der Waals surface area contributed by atoms with E-state index in [0.717, 1.165) is 16.9 Å². The number of furan rings is 1. The molecular formula is C22H18Cl2N4O3. The quantitative estimate of drug-likeness (QED) is 0.404. The lowest BCUT2D eigenvalue weighted by atomic mass is 10.2. The average Bonchev–Trinajstić information content (AvgIpc) is 3.39. The molecule has 0 aliphatic rings. The molecule has 0 aliphatic carbocycles. The van der Waals surface area contributed by atoms with E-state index in [4.69, 9.17) is 32.4 Å². The number of hydrogen-bond donors (Lipinski definition) is 1. The van der Waals surface area contributed by atoms with Crippen LogP contribution in [0.3, 0.4) is 0 Å². The monoisotopic (exact) mass is 456 g/mol. The minimum atomic E-state index is -0.463.